The largest absolute Gasteiger partial charge is 1.00 e. The number of aryl methyl sites for hydroxylation is 1. The van der Waals surface area contributed by atoms with Crippen molar-refractivity contribution in [2.24, 2.45) is 0 Å². The van der Waals surface area contributed by atoms with Crippen molar-refractivity contribution in [2.45, 2.75) is 17.7 Å². The standard InChI is InChI=1S/C22H21ClFN7O3S.Na/c23-14-11-25-21(26-12-14)30-4-6-31(7-5-30)22-28-17-3-8-35(34)19(17)20(29-22)27-15-2-1-13(9-18(32)33)16(24)10-15;/h1-2,10-12H,3-9H2,(H,32,33)(H,27,28,29);/q;+1/p-1. The summed E-state index contributed by atoms with van der Waals surface area (Å²) in [5, 5.41) is 14.3. The number of nitrogens with zero attached hydrogens (tertiary/aromatic N) is 6. The molecule has 1 N–H and O–H groups in total. The SMILES string of the molecule is O=C([O-])Cc1ccc(Nc2nc(N3CCN(c4ncc(Cl)cn4)CC3)nc3c2[S+]([O-])CC3)cc1F.[Na+]. The molecule has 0 bridgehead atoms. The van der Waals surface area contributed by atoms with Crippen LogP contribution in [0.3, 0.4) is 0 Å². The monoisotopic (exact) mass is 539 g/mol. The number of nitrogens with one attached hydrogen (secondary N) is 1. The van der Waals surface area contributed by atoms with Gasteiger partial charge in [-0.15, -0.1) is 0 Å². The fraction of sp³-hybridized carbons (Fsp3) is 0.318. The van der Waals surface area contributed by atoms with Gasteiger partial charge in [-0.05, 0) is 28.9 Å². The Labute approximate surface area is 236 Å². The van der Waals surface area contributed by atoms with Gasteiger partial charge >= 0.3 is 29.6 Å². The number of carbonyl (C=O) groups is 1. The molecular weight excluding hydrogens is 520 g/mol. The minimum Gasteiger partial charge on any atom is -0.611 e. The van der Waals surface area contributed by atoms with Crippen molar-refractivity contribution in [3.63, 3.8) is 0 Å². The number of anilines is 4. The minimum absolute atomic E-state index is 0. The van der Waals surface area contributed by atoms with Gasteiger partial charge < -0.3 is 29.6 Å². The molecule has 3 aromatic rings. The smallest absolute Gasteiger partial charge is 0.611 e. The van der Waals surface area contributed by atoms with Crippen LogP contribution >= 0.6 is 11.6 Å². The van der Waals surface area contributed by atoms with Gasteiger partial charge in [0.25, 0.3) is 0 Å². The summed E-state index contributed by atoms with van der Waals surface area (Å²) in [7, 11) is 0. The van der Waals surface area contributed by atoms with Crippen LogP contribution < -0.4 is 49.8 Å². The number of carboxylic acid groups (broad SMARTS) is 1. The number of carboxylic acids is 1. The summed E-state index contributed by atoms with van der Waals surface area (Å²) in [6.07, 6.45) is 3.16. The van der Waals surface area contributed by atoms with E-state index in [0.29, 0.717) is 77.4 Å². The molecule has 14 heteroatoms. The van der Waals surface area contributed by atoms with Crippen LogP contribution in [0.5, 0.6) is 0 Å². The molecule has 1 aromatic carbocycles. The quantitative estimate of drug-likeness (QED) is 0.279. The van der Waals surface area contributed by atoms with Crippen LogP contribution in [0.15, 0.2) is 35.5 Å². The zero-order valence-corrected chi connectivity index (χ0v) is 23.0. The van der Waals surface area contributed by atoms with Gasteiger partial charge in [0.2, 0.25) is 16.8 Å². The van der Waals surface area contributed by atoms with Crippen LogP contribution in [0.1, 0.15) is 11.3 Å². The topological polar surface area (TPSA) is 133 Å². The van der Waals surface area contributed by atoms with Crippen molar-refractivity contribution in [2.75, 3.05) is 47.0 Å². The van der Waals surface area contributed by atoms with E-state index in [1.807, 2.05) is 9.80 Å². The first-order chi connectivity index (χ1) is 16.9. The maximum Gasteiger partial charge on any atom is 1.00 e. The average molecular weight is 540 g/mol. The molecule has 2 aliphatic heterocycles. The molecule has 36 heavy (non-hydrogen) atoms. The Morgan fingerprint density at radius 2 is 1.78 bits per heavy atom. The van der Waals surface area contributed by atoms with E-state index in [1.165, 1.54) is 12.1 Å². The number of carbonyl (C=O) groups excluding carboxylic acids is 1. The molecule has 0 radical (unpaired) electrons. The van der Waals surface area contributed by atoms with Gasteiger partial charge in [-0.3, -0.25) is 0 Å². The Kier molecular flexibility index (Phi) is 8.53. The molecule has 0 aliphatic carbocycles. The van der Waals surface area contributed by atoms with Crippen molar-refractivity contribution in [1.82, 2.24) is 19.9 Å². The van der Waals surface area contributed by atoms with E-state index >= 15 is 0 Å². The van der Waals surface area contributed by atoms with E-state index in [0.717, 1.165) is 0 Å². The molecule has 0 amide bonds. The third kappa shape index (κ3) is 5.84. The van der Waals surface area contributed by atoms with Crippen LogP contribution in [0.25, 0.3) is 0 Å². The predicted octanol–water partition coefficient (Wildman–Crippen LogP) is -1.91. The molecule has 182 valence electrons. The number of fused-ring (bicyclic) bond motifs is 1. The Morgan fingerprint density at radius 3 is 2.42 bits per heavy atom. The molecule has 1 atom stereocenters. The predicted molar refractivity (Wildman–Crippen MR) is 127 cm³/mol. The van der Waals surface area contributed by atoms with Gasteiger partial charge in [0.15, 0.2) is 5.82 Å². The summed E-state index contributed by atoms with van der Waals surface area (Å²) in [4.78, 5) is 33.2. The first kappa shape index (κ1) is 26.8. The maximum absolute atomic E-state index is 14.4. The number of aliphatic carboxylic acids is 1. The summed E-state index contributed by atoms with van der Waals surface area (Å²) < 4.78 is 27.0. The number of hydrogen-bond acceptors (Lipinski definition) is 10. The van der Waals surface area contributed by atoms with E-state index in [2.05, 4.69) is 25.3 Å². The number of piperazine rings is 1. The Morgan fingerprint density at radius 1 is 1.11 bits per heavy atom. The second-order valence-corrected chi connectivity index (χ2v) is 10.0. The molecule has 5 rings (SSSR count). The number of aromatic nitrogens is 4. The van der Waals surface area contributed by atoms with Gasteiger partial charge in [-0.25, -0.2) is 19.3 Å². The van der Waals surface area contributed by atoms with E-state index < -0.39 is 29.4 Å². The summed E-state index contributed by atoms with van der Waals surface area (Å²) in [6.45, 7) is 2.56. The van der Waals surface area contributed by atoms with Crippen molar-refractivity contribution in [3.05, 3.63) is 52.7 Å². The van der Waals surface area contributed by atoms with Crippen LogP contribution in [0, 0.1) is 5.82 Å². The molecule has 0 saturated carbocycles. The van der Waals surface area contributed by atoms with Crippen molar-refractivity contribution < 1.29 is 48.4 Å². The Bertz CT molecular complexity index is 1270. The molecular formula is C22H20ClFN7NaO3S. The summed E-state index contributed by atoms with van der Waals surface area (Å²) >= 11 is 4.61. The normalized spacial score (nSPS) is 16.9. The zero-order chi connectivity index (χ0) is 24.5. The fourth-order valence-electron chi connectivity index (χ4n) is 4.05. The van der Waals surface area contributed by atoms with Crippen molar-refractivity contribution in [1.29, 1.82) is 0 Å². The van der Waals surface area contributed by atoms with Gasteiger partial charge in [0, 0.05) is 50.7 Å². The van der Waals surface area contributed by atoms with Crippen molar-refractivity contribution in [3.8, 4) is 0 Å². The molecule has 2 aromatic heterocycles. The maximum atomic E-state index is 14.4. The summed E-state index contributed by atoms with van der Waals surface area (Å²) in [6, 6.07) is 4.12. The number of hydrogen-bond donors (Lipinski definition) is 1. The van der Waals surface area contributed by atoms with E-state index in [4.69, 9.17) is 11.6 Å². The third-order valence-corrected chi connectivity index (χ3v) is 7.43. The number of benzene rings is 1. The molecule has 0 spiro atoms. The van der Waals surface area contributed by atoms with E-state index in [9.17, 15) is 18.8 Å². The van der Waals surface area contributed by atoms with Gasteiger partial charge in [0.1, 0.15) is 17.3 Å². The van der Waals surface area contributed by atoms with E-state index in [1.54, 1.807) is 18.5 Å². The fourth-order valence-corrected chi connectivity index (χ4v) is 5.45. The zero-order valence-electron chi connectivity index (χ0n) is 19.4. The molecule has 4 heterocycles. The second kappa shape index (κ2) is 11.4. The Hall–Kier alpha value is -2.22. The molecule has 1 saturated heterocycles. The van der Waals surface area contributed by atoms with Gasteiger partial charge in [-0.2, -0.15) is 4.98 Å². The molecule has 1 unspecified atom stereocenters. The summed E-state index contributed by atoms with van der Waals surface area (Å²) in [5.74, 6) is -0.131. The average Bonchev–Trinajstić information content (AvgIpc) is 3.22. The summed E-state index contributed by atoms with van der Waals surface area (Å²) in [5.41, 5.74) is 1.09. The van der Waals surface area contributed by atoms with Gasteiger partial charge in [0.05, 0.1) is 17.4 Å². The third-order valence-electron chi connectivity index (χ3n) is 5.78. The van der Waals surface area contributed by atoms with Crippen LogP contribution in [0.4, 0.5) is 27.8 Å². The molecule has 10 nitrogen and oxygen atoms in total. The first-order valence-corrected chi connectivity index (χ1v) is 12.6. The van der Waals surface area contributed by atoms with Crippen LogP contribution in [-0.4, -0.2) is 62.4 Å². The number of rotatable bonds is 6. The van der Waals surface area contributed by atoms with Crippen LogP contribution in [0.2, 0.25) is 5.02 Å². The van der Waals surface area contributed by atoms with Crippen molar-refractivity contribution >= 4 is 52.1 Å². The van der Waals surface area contributed by atoms with Gasteiger partial charge in [-0.1, -0.05) is 17.7 Å². The number of halogens is 2. The minimum atomic E-state index is -1.36. The second-order valence-electron chi connectivity index (χ2n) is 8.10. The van der Waals surface area contributed by atoms with Crippen LogP contribution in [-0.2, 0) is 28.8 Å². The molecule has 2 aliphatic rings. The van der Waals surface area contributed by atoms with E-state index in [-0.39, 0.29) is 35.1 Å². The molecule has 1 fully saturated rings. The first-order valence-electron chi connectivity index (χ1n) is 10.9. The Balaban J connectivity index is 0.00000304.